The van der Waals surface area contributed by atoms with Gasteiger partial charge in [-0.15, -0.1) is 0 Å². The fourth-order valence-electron chi connectivity index (χ4n) is 1.47. The summed E-state index contributed by atoms with van der Waals surface area (Å²) >= 11 is 0. The van der Waals surface area contributed by atoms with Crippen molar-refractivity contribution in [3.05, 3.63) is 0 Å². The summed E-state index contributed by atoms with van der Waals surface area (Å²) in [6.07, 6.45) is 3.06. The molecule has 0 amide bonds. The summed E-state index contributed by atoms with van der Waals surface area (Å²) in [5, 5.41) is 19.1. The van der Waals surface area contributed by atoms with Gasteiger partial charge in [0.05, 0.1) is 12.2 Å². The van der Waals surface area contributed by atoms with Gasteiger partial charge in [0, 0.05) is 0 Å². The molecular formula is C10H20O2. The van der Waals surface area contributed by atoms with Crippen molar-refractivity contribution in [2.45, 2.75) is 51.7 Å². The number of aliphatic hydroxyl groups excluding tert-OH is 2. The van der Waals surface area contributed by atoms with E-state index in [2.05, 4.69) is 13.8 Å². The van der Waals surface area contributed by atoms with Crippen molar-refractivity contribution in [1.82, 2.24) is 0 Å². The Morgan fingerprint density at radius 3 is 2.33 bits per heavy atom. The zero-order valence-corrected chi connectivity index (χ0v) is 8.03. The molecule has 0 radical (unpaired) electrons. The molecule has 1 saturated carbocycles. The van der Waals surface area contributed by atoms with Crippen molar-refractivity contribution in [3.8, 4) is 0 Å². The third-order valence-corrected chi connectivity index (χ3v) is 2.84. The first-order valence-electron chi connectivity index (χ1n) is 5.01. The summed E-state index contributed by atoms with van der Waals surface area (Å²) in [7, 11) is 0. The molecule has 0 aliphatic heterocycles. The van der Waals surface area contributed by atoms with Crippen molar-refractivity contribution in [2.24, 2.45) is 11.8 Å². The van der Waals surface area contributed by atoms with Crippen LogP contribution in [0.2, 0.25) is 0 Å². The third kappa shape index (κ3) is 2.76. The van der Waals surface area contributed by atoms with Gasteiger partial charge < -0.3 is 10.2 Å². The zero-order chi connectivity index (χ0) is 9.14. The summed E-state index contributed by atoms with van der Waals surface area (Å²) < 4.78 is 0. The molecule has 0 aromatic carbocycles. The smallest absolute Gasteiger partial charge is 0.0827 e. The fraction of sp³-hybridized carbons (Fsp3) is 1.00. The minimum Gasteiger partial charge on any atom is -0.390 e. The second-order valence-electron chi connectivity index (χ2n) is 4.14. The highest BCUT2D eigenvalue weighted by Crippen LogP contribution is 2.35. The molecule has 0 bridgehead atoms. The number of hydrogen-bond donors (Lipinski definition) is 2. The first kappa shape index (κ1) is 10.0. The quantitative estimate of drug-likeness (QED) is 0.660. The molecular weight excluding hydrogens is 152 g/mol. The molecule has 1 aliphatic rings. The van der Waals surface area contributed by atoms with E-state index in [1.54, 1.807) is 0 Å². The Morgan fingerprint density at radius 2 is 1.92 bits per heavy atom. The first-order valence-corrected chi connectivity index (χ1v) is 5.01. The lowest BCUT2D eigenvalue weighted by Crippen LogP contribution is -2.29. The lowest BCUT2D eigenvalue weighted by Gasteiger charge is -2.20. The van der Waals surface area contributed by atoms with Crippen molar-refractivity contribution < 1.29 is 10.2 Å². The van der Waals surface area contributed by atoms with Gasteiger partial charge >= 0.3 is 0 Å². The van der Waals surface area contributed by atoms with E-state index in [1.165, 1.54) is 0 Å². The molecule has 1 rings (SSSR count). The van der Waals surface area contributed by atoms with Gasteiger partial charge in [-0.2, -0.15) is 0 Å². The molecule has 12 heavy (non-hydrogen) atoms. The molecule has 0 spiro atoms. The average Bonchev–Trinajstić information content (AvgIpc) is 2.85. The van der Waals surface area contributed by atoms with Gasteiger partial charge in [0.15, 0.2) is 0 Å². The molecule has 0 aromatic heterocycles. The van der Waals surface area contributed by atoms with Gasteiger partial charge in [-0.25, -0.2) is 0 Å². The van der Waals surface area contributed by atoms with Crippen LogP contribution in [0.15, 0.2) is 0 Å². The van der Waals surface area contributed by atoms with Crippen LogP contribution >= 0.6 is 0 Å². The number of aliphatic hydroxyl groups is 2. The summed E-state index contributed by atoms with van der Waals surface area (Å²) in [6.45, 7) is 4.23. The maximum Gasteiger partial charge on any atom is 0.0827 e. The number of rotatable bonds is 5. The zero-order valence-electron chi connectivity index (χ0n) is 8.03. The van der Waals surface area contributed by atoms with Crippen molar-refractivity contribution in [3.63, 3.8) is 0 Å². The molecule has 3 unspecified atom stereocenters. The Hall–Kier alpha value is -0.0800. The van der Waals surface area contributed by atoms with Crippen LogP contribution in [0.25, 0.3) is 0 Å². The average molecular weight is 172 g/mol. The van der Waals surface area contributed by atoms with Gasteiger partial charge in [-0.3, -0.25) is 0 Å². The molecule has 0 aromatic rings. The van der Waals surface area contributed by atoms with E-state index in [-0.39, 0.29) is 0 Å². The number of hydrogen-bond acceptors (Lipinski definition) is 2. The van der Waals surface area contributed by atoms with Crippen LogP contribution in [-0.4, -0.2) is 22.4 Å². The topological polar surface area (TPSA) is 40.5 Å². The summed E-state index contributed by atoms with van der Waals surface area (Å²) in [5.74, 6) is 0.914. The summed E-state index contributed by atoms with van der Waals surface area (Å²) in [6, 6.07) is 0. The van der Waals surface area contributed by atoms with Crippen molar-refractivity contribution in [2.75, 3.05) is 0 Å². The Bertz CT molecular complexity index is 132. The Labute approximate surface area is 74.6 Å². The van der Waals surface area contributed by atoms with Crippen molar-refractivity contribution >= 4 is 0 Å². The predicted molar refractivity (Wildman–Crippen MR) is 48.8 cm³/mol. The minimum absolute atomic E-state index is 0.393. The van der Waals surface area contributed by atoms with E-state index in [0.29, 0.717) is 11.8 Å². The van der Waals surface area contributed by atoms with E-state index in [0.717, 1.165) is 25.7 Å². The predicted octanol–water partition coefficient (Wildman–Crippen LogP) is 1.55. The van der Waals surface area contributed by atoms with Crippen LogP contribution < -0.4 is 0 Å². The largest absolute Gasteiger partial charge is 0.390 e. The lowest BCUT2D eigenvalue weighted by molar-refractivity contribution is -0.00629. The molecule has 3 atom stereocenters. The minimum atomic E-state index is -0.493. The first-order chi connectivity index (χ1) is 5.65. The molecule has 1 aliphatic carbocycles. The highest BCUT2D eigenvalue weighted by molar-refractivity contribution is 4.85. The van der Waals surface area contributed by atoms with Crippen LogP contribution in [0.4, 0.5) is 0 Å². The van der Waals surface area contributed by atoms with Gasteiger partial charge in [0.25, 0.3) is 0 Å². The van der Waals surface area contributed by atoms with Gasteiger partial charge in [0.1, 0.15) is 0 Å². The Kier molecular flexibility index (Phi) is 3.53. The third-order valence-electron chi connectivity index (χ3n) is 2.84. The molecule has 2 N–H and O–H groups in total. The van der Waals surface area contributed by atoms with E-state index in [1.807, 2.05) is 0 Å². The van der Waals surface area contributed by atoms with Crippen molar-refractivity contribution in [1.29, 1.82) is 0 Å². The maximum atomic E-state index is 9.58. The molecule has 1 fully saturated rings. The Morgan fingerprint density at radius 1 is 1.33 bits per heavy atom. The maximum absolute atomic E-state index is 9.58. The molecule has 2 nitrogen and oxygen atoms in total. The molecule has 0 heterocycles. The SMILES string of the molecule is CCC(C)CC(O)C(O)C1CC1. The highest BCUT2D eigenvalue weighted by Gasteiger charge is 2.34. The second-order valence-corrected chi connectivity index (χ2v) is 4.14. The molecule has 0 saturated heterocycles. The highest BCUT2D eigenvalue weighted by atomic mass is 16.3. The van der Waals surface area contributed by atoms with E-state index < -0.39 is 12.2 Å². The standard InChI is InChI=1S/C10H20O2/c1-3-7(2)6-9(11)10(12)8-4-5-8/h7-12H,3-6H2,1-2H3. The van der Waals surface area contributed by atoms with E-state index >= 15 is 0 Å². The van der Waals surface area contributed by atoms with Crippen LogP contribution in [0, 0.1) is 11.8 Å². The molecule has 72 valence electrons. The van der Waals surface area contributed by atoms with Gasteiger partial charge in [-0.05, 0) is 31.1 Å². The van der Waals surface area contributed by atoms with Gasteiger partial charge in [-0.1, -0.05) is 20.3 Å². The fourth-order valence-corrected chi connectivity index (χ4v) is 1.47. The van der Waals surface area contributed by atoms with Gasteiger partial charge in [0.2, 0.25) is 0 Å². The lowest BCUT2D eigenvalue weighted by atomic mass is 9.96. The summed E-state index contributed by atoms with van der Waals surface area (Å²) in [5.41, 5.74) is 0. The molecule has 2 heteroatoms. The van der Waals surface area contributed by atoms with Crippen LogP contribution in [-0.2, 0) is 0 Å². The van der Waals surface area contributed by atoms with Crippen LogP contribution in [0.1, 0.15) is 39.5 Å². The summed E-state index contributed by atoms with van der Waals surface area (Å²) in [4.78, 5) is 0. The van der Waals surface area contributed by atoms with E-state index in [9.17, 15) is 10.2 Å². The van der Waals surface area contributed by atoms with Crippen LogP contribution in [0.3, 0.4) is 0 Å². The van der Waals surface area contributed by atoms with Crippen LogP contribution in [0.5, 0.6) is 0 Å². The van der Waals surface area contributed by atoms with E-state index in [4.69, 9.17) is 0 Å². The normalized spacial score (nSPS) is 25.0. The second kappa shape index (κ2) is 4.24. The monoisotopic (exact) mass is 172 g/mol. The Balaban J connectivity index is 2.21.